The first kappa shape index (κ1) is 24.7. The van der Waals surface area contributed by atoms with Crippen LogP contribution in [0.2, 0.25) is 0 Å². The first-order valence-electron chi connectivity index (χ1n) is 12.0. The maximum Gasteiger partial charge on any atom is 0.243 e. The van der Waals surface area contributed by atoms with Crippen molar-refractivity contribution in [1.29, 1.82) is 0 Å². The van der Waals surface area contributed by atoms with Crippen LogP contribution in [-0.2, 0) is 27.1 Å². The molecule has 0 amide bonds. The maximum absolute atomic E-state index is 14.2. The molecule has 2 atom stereocenters. The number of fused-ring (bicyclic) bond motifs is 1. The predicted molar refractivity (Wildman–Crippen MR) is 132 cm³/mol. The van der Waals surface area contributed by atoms with Crippen LogP contribution in [0.4, 0.5) is 8.78 Å². The summed E-state index contributed by atoms with van der Waals surface area (Å²) in [4.78, 5) is 4.93. The number of thioether (sulfide) groups is 1. The molecule has 0 unspecified atom stereocenters. The number of aromatic nitrogens is 2. The number of piperidine rings is 1. The van der Waals surface area contributed by atoms with Crippen LogP contribution in [0.1, 0.15) is 38.2 Å². The van der Waals surface area contributed by atoms with Gasteiger partial charge in [-0.3, -0.25) is 0 Å². The summed E-state index contributed by atoms with van der Waals surface area (Å²) in [5, 5.41) is 0.583. The van der Waals surface area contributed by atoms with Gasteiger partial charge in [-0.1, -0.05) is 24.8 Å². The molecule has 2 aromatic carbocycles. The van der Waals surface area contributed by atoms with Gasteiger partial charge in [0.15, 0.2) is 5.16 Å². The third-order valence-electron chi connectivity index (χ3n) is 6.76. The molecule has 2 fully saturated rings. The number of sulfonamides is 1. The highest BCUT2D eigenvalue weighted by Gasteiger charge is 2.29. The third-order valence-corrected chi connectivity index (χ3v) is 9.62. The van der Waals surface area contributed by atoms with Crippen LogP contribution < -0.4 is 0 Å². The SMILES string of the molecule is C[C@@H]1CCCN(S(=O)(=O)c2ccc3c(c2)nc(SCc2c(F)cccc2F)n3C[C@H]2CCCO2)C1. The number of imidazole rings is 1. The minimum atomic E-state index is -3.63. The van der Waals surface area contributed by atoms with Crippen LogP contribution in [0.3, 0.4) is 0 Å². The lowest BCUT2D eigenvalue weighted by atomic mass is 10.0. The van der Waals surface area contributed by atoms with Gasteiger partial charge in [-0.15, -0.1) is 0 Å². The molecule has 0 N–H and O–H groups in total. The summed E-state index contributed by atoms with van der Waals surface area (Å²) in [6.45, 7) is 4.36. The van der Waals surface area contributed by atoms with Crippen molar-refractivity contribution in [3.8, 4) is 0 Å². The van der Waals surface area contributed by atoms with Gasteiger partial charge >= 0.3 is 0 Å². The molecule has 2 saturated heterocycles. The highest BCUT2D eigenvalue weighted by atomic mass is 32.2. The van der Waals surface area contributed by atoms with E-state index in [1.807, 2.05) is 4.57 Å². The number of rotatable bonds is 7. The second kappa shape index (κ2) is 10.2. The Kier molecular flexibility index (Phi) is 7.16. The van der Waals surface area contributed by atoms with E-state index in [1.165, 1.54) is 30.0 Å². The molecule has 0 spiro atoms. The van der Waals surface area contributed by atoms with Crippen molar-refractivity contribution in [2.24, 2.45) is 5.92 Å². The van der Waals surface area contributed by atoms with Gasteiger partial charge in [0.1, 0.15) is 11.6 Å². The molecule has 0 bridgehead atoms. The van der Waals surface area contributed by atoms with E-state index in [4.69, 9.17) is 9.72 Å². The Balaban J connectivity index is 1.49. The van der Waals surface area contributed by atoms with E-state index in [2.05, 4.69) is 6.92 Å². The van der Waals surface area contributed by atoms with E-state index in [-0.39, 0.29) is 22.3 Å². The molecule has 3 heterocycles. The summed E-state index contributed by atoms with van der Waals surface area (Å²) in [5.74, 6) is -0.786. The monoisotopic (exact) mass is 521 g/mol. The normalized spacial score (nSPS) is 21.7. The van der Waals surface area contributed by atoms with Crippen LogP contribution in [-0.4, -0.2) is 48.1 Å². The molecule has 3 aromatic rings. The summed E-state index contributed by atoms with van der Waals surface area (Å²) >= 11 is 1.24. The van der Waals surface area contributed by atoms with E-state index >= 15 is 0 Å². The van der Waals surface area contributed by atoms with Gasteiger partial charge in [-0.05, 0) is 61.9 Å². The van der Waals surface area contributed by atoms with Gasteiger partial charge in [-0.25, -0.2) is 22.2 Å². The summed E-state index contributed by atoms with van der Waals surface area (Å²) in [6, 6.07) is 8.86. The number of hydrogen-bond acceptors (Lipinski definition) is 5. The van der Waals surface area contributed by atoms with Crippen molar-refractivity contribution < 1.29 is 21.9 Å². The van der Waals surface area contributed by atoms with E-state index in [1.54, 1.807) is 22.5 Å². The quantitative estimate of drug-likeness (QED) is 0.400. The molecule has 0 aliphatic carbocycles. The molecule has 10 heteroatoms. The molecular formula is C25H29F2N3O3S2. The third kappa shape index (κ3) is 5.12. The van der Waals surface area contributed by atoms with E-state index < -0.39 is 21.7 Å². The highest BCUT2D eigenvalue weighted by Crippen LogP contribution is 2.32. The Bertz CT molecular complexity index is 1300. The van der Waals surface area contributed by atoms with Crippen LogP contribution >= 0.6 is 11.8 Å². The van der Waals surface area contributed by atoms with Crippen molar-refractivity contribution in [2.45, 2.75) is 61.1 Å². The fourth-order valence-electron chi connectivity index (χ4n) is 4.85. The number of nitrogens with zero attached hydrogens (tertiary/aromatic N) is 3. The maximum atomic E-state index is 14.2. The van der Waals surface area contributed by atoms with Crippen molar-refractivity contribution in [3.05, 3.63) is 53.6 Å². The largest absolute Gasteiger partial charge is 0.376 e. The molecule has 6 nitrogen and oxygen atoms in total. The molecule has 35 heavy (non-hydrogen) atoms. The standard InChI is InChI=1S/C25H29F2N3O3S2/c1-17-5-3-11-29(14-17)35(31,32)19-9-10-24-23(13-19)28-25(30(24)15-18-6-4-12-33-18)34-16-20-21(26)7-2-8-22(20)27/h2,7-10,13,17-18H,3-6,11-12,14-16H2,1H3/t17-,18-/m1/s1. The fraction of sp³-hybridized carbons (Fsp3) is 0.480. The molecule has 1 aromatic heterocycles. The molecule has 5 rings (SSSR count). The minimum absolute atomic E-state index is 0.00397. The van der Waals surface area contributed by atoms with Crippen molar-refractivity contribution >= 4 is 32.8 Å². The lowest BCUT2D eigenvalue weighted by molar-refractivity contribution is 0.0960. The van der Waals surface area contributed by atoms with E-state index in [0.29, 0.717) is 42.8 Å². The van der Waals surface area contributed by atoms with Gasteiger partial charge in [-0.2, -0.15) is 4.31 Å². The topological polar surface area (TPSA) is 64.4 Å². The number of benzene rings is 2. The zero-order valence-corrected chi connectivity index (χ0v) is 21.3. The summed E-state index contributed by atoms with van der Waals surface area (Å²) < 4.78 is 64.4. The second-order valence-electron chi connectivity index (χ2n) is 9.39. The Labute approximate surface area is 208 Å². The van der Waals surface area contributed by atoms with E-state index in [0.717, 1.165) is 31.2 Å². The fourth-order valence-corrected chi connectivity index (χ4v) is 7.51. The number of hydrogen-bond donors (Lipinski definition) is 0. The first-order chi connectivity index (χ1) is 16.8. The zero-order chi connectivity index (χ0) is 24.6. The molecule has 2 aliphatic rings. The molecule has 0 saturated carbocycles. The average molecular weight is 522 g/mol. The minimum Gasteiger partial charge on any atom is -0.376 e. The van der Waals surface area contributed by atoms with Crippen molar-refractivity contribution in [3.63, 3.8) is 0 Å². The van der Waals surface area contributed by atoms with Gasteiger partial charge in [0.05, 0.1) is 28.6 Å². The van der Waals surface area contributed by atoms with Crippen LogP contribution in [0.5, 0.6) is 0 Å². The second-order valence-corrected chi connectivity index (χ2v) is 12.3. The molecular weight excluding hydrogens is 492 g/mol. The van der Waals surface area contributed by atoms with Crippen LogP contribution in [0, 0.1) is 17.6 Å². The molecule has 2 aliphatic heterocycles. The highest BCUT2D eigenvalue weighted by molar-refractivity contribution is 7.98. The number of halogens is 2. The van der Waals surface area contributed by atoms with E-state index in [9.17, 15) is 17.2 Å². The summed E-state index contributed by atoms with van der Waals surface area (Å²) in [7, 11) is -3.63. The van der Waals surface area contributed by atoms with Crippen molar-refractivity contribution in [2.75, 3.05) is 19.7 Å². The first-order valence-corrected chi connectivity index (χ1v) is 14.4. The lowest BCUT2D eigenvalue weighted by Crippen LogP contribution is -2.39. The number of ether oxygens (including phenoxy) is 1. The average Bonchev–Trinajstić information content (AvgIpc) is 3.47. The Morgan fingerprint density at radius 1 is 1.14 bits per heavy atom. The molecule has 188 valence electrons. The summed E-state index contributed by atoms with van der Waals surface area (Å²) in [5.41, 5.74) is 1.32. The van der Waals surface area contributed by atoms with Gasteiger partial charge in [0, 0.05) is 31.0 Å². The van der Waals surface area contributed by atoms with Gasteiger partial charge < -0.3 is 9.30 Å². The van der Waals surface area contributed by atoms with Gasteiger partial charge in [0.25, 0.3) is 0 Å². The van der Waals surface area contributed by atoms with Crippen molar-refractivity contribution in [1.82, 2.24) is 13.9 Å². The molecule has 0 radical (unpaired) electrons. The zero-order valence-electron chi connectivity index (χ0n) is 19.6. The summed E-state index contributed by atoms with van der Waals surface area (Å²) in [6.07, 6.45) is 3.81. The smallest absolute Gasteiger partial charge is 0.243 e. The predicted octanol–water partition coefficient (Wildman–Crippen LogP) is 5.21. The lowest BCUT2D eigenvalue weighted by Gasteiger charge is -2.30. The van der Waals surface area contributed by atoms with Crippen LogP contribution in [0.15, 0.2) is 46.5 Å². The Hall–Kier alpha value is -2.01. The van der Waals surface area contributed by atoms with Gasteiger partial charge in [0.2, 0.25) is 10.0 Å². The van der Waals surface area contributed by atoms with Crippen LogP contribution in [0.25, 0.3) is 11.0 Å². The Morgan fingerprint density at radius 3 is 2.66 bits per heavy atom. The Morgan fingerprint density at radius 2 is 1.94 bits per heavy atom.